The lowest BCUT2D eigenvalue weighted by Gasteiger charge is -2.27. The molecule has 112 valence electrons. The molecule has 4 rings (SSSR count). The SMILES string of the molecule is CC1(C)O[C@H]2O[C@@H]3CO/C(=C/c4ccccc4)[C@]3(O)[C@H]2O1. The number of hydrogen-bond donors (Lipinski definition) is 1. The van der Waals surface area contributed by atoms with Gasteiger partial charge in [-0.05, 0) is 25.5 Å². The fraction of sp³-hybridized carbons (Fsp3) is 0.500. The first-order valence-electron chi connectivity index (χ1n) is 7.12. The zero-order valence-corrected chi connectivity index (χ0v) is 12.0. The van der Waals surface area contributed by atoms with Crippen molar-refractivity contribution in [1.82, 2.24) is 0 Å². The molecule has 0 saturated carbocycles. The molecule has 0 spiro atoms. The summed E-state index contributed by atoms with van der Waals surface area (Å²) in [6.07, 6.45) is 0.243. The van der Waals surface area contributed by atoms with Crippen molar-refractivity contribution in [3.8, 4) is 0 Å². The third kappa shape index (κ3) is 1.92. The van der Waals surface area contributed by atoms with Gasteiger partial charge in [-0.3, -0.25) is 0 Å². The molecule has 3 fully saturated rings. The number of hydrogen-bond acceptors (Lipinski definition) is 5. The second-order valence-electron chi connectivity index (χ2n) is 6.10. The number of ether oxygens (including phenoxy) is 4. The molecule has 5 nitrogen and oxygen atoms in total. The zero-order valence-electron chi connectivity index (χ0n) is 12.0. The van der Waals surface area contributed by atoms with Crippen LogP contribution in [-0.4, -0.2) is 41.6 Å². The van der Waals surface area contributed by atoms with Gasteiger partial charge in [-0.15, -0.1) is 0 Å². The Morgan fingerprint density at radius 3 is 2.71 bits per heavy atom. The first-order valence-corrected chi connectivity index (χ1v) is 7.12. The van der Waals surface area contributed by atoms with Crippen LogP contribution < -0.4 is 0 Å². The Morgan fingerprint density at radius 2 is 1.95 bits per heavy atom. The fourth-order valence-corrected chi connectivity index (χ4v) is 3.18. The third-order valence-electron chi connectivity index (χ3n) is 4.16. The quantitative estimate of drug-likeness (QED) is 0.852. The highest BCUT2D eigenvalue weighted by Crippen LogP contribution is 2.49. The highest BCUT2D eigenvalue weighted by atomic mass is 16.8. The Bertz CT molecular complexity index is 582. The van der Waals surface area contributed by atoms with Crippen LogP contribution in [0.1, 0.15) is 19.4 Å². The van der Waals surface area contributed by atoms with Gasteiger partial charge in [-0.25, -0.2) is 0 Å². The Kier molecular flexibility index (Phi) is 2.72. The van der Waals surface area contributed by atoms with E-state index in [0.29, 0.717) is 12.4 Å². The van der Waals surface area contributed by atoms with E-state index in [-0.39, 0.29) is 0 Å². The van der Waals surface area contributed by atoms with E-state index in [1.165, 1.54) is 0 Å². The standard InChI is InChI=1S/C16H18O5/c1-15(2)20-13-14(21-15)19-12-9-18-11(16(12,13)17)8-10-6-4-3-5-7-10/h3-8,12-14,17H,9H2,1-2H3/b11-8+/t12-,13+,14-,16-/m1/s1. The second kappa shape index (κ2) is 4.30. The van der Waals surface area contributed by atoms with E-state index in [4.69, 9.17) is 18.9 Å². The summed E-state index contributed by atoms with van der Waals surface area (Å²) in [5.41, 5.74) is -0.336. The highest BCUT2D eigenvalue weighted by molar-refractivity contribution is 5.55. The monoisotopic (exact) mass is 290 g/mol. The van der Waals surface area contributed by atoms with Crippen LogP contribution in [0.3, 0.4) is 0 Å². The lowest BCUT2D eigenvalue weighted by Crippen LogP contribution is -2.47. The van der Waals surface area contributed by atoms with E-state index in [1.54, 1.807) is 0 Å². The van der Waals surface area contributed by atoms with Crippen molar-refractivity contribution in [2.45, 2.75) is 43.7 Å². The van der Waals surface area contributed by atoms with Crippen LogP contribution >= 0.6 is 0 Å². The second-order valence-corrected chi connectivity index (χ2v) is 6.10. The van der Waals surface area contributed by atoms with Crippen LogP contribution in [0, 0.1) is 0 Å². The average molecular weight is 290 g/mol. The summed E-state index contributed by atoms with van der Waals surface area (Å²) in [7, 11) is 0. The van der Waals surface area contributed by atoms with Crippen molar-refractivity contribution in [2.24, 2.45) is 0 Å². The Labute approximate surface area is 123 Å². The summed E-state index contributed by atoms with van der Waals surface area (Å²) in [4.78, 5) is 0. The van der Waals surface area contributed by atoms with Gasteiger partial charge in [0.25, 0.3) is 0 Å². The van der Waals surface area contributed by atoms with Crippen LogP contribution in [0.15, 0.2) is 36.1 Å². The fourth-order valence-electron chi connectivity index (χ4n) is 3.18. The summed E-state index contributed by atoms with van der Waals surface area (Å²) >= 11 is 0. The van der Waals surface area contributed by atoms with E-state index in [0.717, 1.165) is 5.56 Å². The molecule has 4 atom stereocenters. The molecule has 3 aliphatic rings. The molecule has 0 aromatic heterocycles. The first-order chi connectivity index (χ1) is 9.99. The van der Waals surface area contributed by atoms with Gasteiger partial charge in [-0.1, -0.05) is 30.3 Å². The van der Waals surface area contributed by atoms with Crippen LogP contribution in [-0.2, 0) is 18.9 Å². The molecule has 3 aliphatic heterocycles. The minimum absolute atomic E-state index is 0.301. The maximum atomic E-state index is 11.1. The minimum Gasteiger partial charge on any atom is -0.492 e. The molecule has 0 aliphatic carbocycles. The summed E-state index contributed by atoms with van der Waals surface area (Å²) in [5.74, 6) is -0.288. The van der Waals surface area contributed by atoms with E-state index in [2.05, 4.69) is 0 Å². The third-order valence-corrected chi connectivity index (χ3v) is 4.16. The molecule has 1 N–H and O–H groups in total. The number of aliphatic hydroxyl groups is 1. The summed E-state index contributed by atoms with van der Waals surface area (Å²) in [6.45, 7) is 3.92. The molecule has 0 unspecified atom stereocenters. The van der Waals surface area contributed by atoms with Crippen molar-refractivity contribution in [3.63, 3.8) is 0 Å². The van der Waals surface area contributed by atoms with Gasteiger partial charge in [0, 0.05) is 0 Å². The molecular formula is C16H18O5. The molecule has 21 heavy (non-hydrogen) atoms. The van der Waals surface area contributed by atoms with Crippen LogP contribution in [0.4, 0.5) is 0 Å². The van der Waals surface area contributed by atoms with E-state index < -0.39 is 29.9 Å². The molecule has 0 amide bonds. The van der Waals surface area contributed by atoms with Crippen molar-refractivity contribution in [1.29, 1.82) is 0 Å². The molecular weight excluding hydrogens is 272 g/mol. The largest absolute Gasteiger partial charge is 0.492 e. The van der Waals surface area contributed by atoms with Crippen LogP contribution in [0.5, 0.6) is 0 Å². The number of fused-ring (bicyclic) bond motifs is 3. The summed E-state index contributed by atoms with van der Waals surface area (Å²) < 4.78 is 22.9. The van der Waals surface area contributed by atoms with Crippen molar-refractivity contribution >= 4 is 6.08 Å². The lowest BCUT2D eigenvalue weighted by molar-refractivity contribution is -0.219. The van der Waals surface area contributed by atoms with E-state index >= 15 is 0 Å². The summed E-state index contributed by atoms with van der Waals surface area (Å²) in [5, 5.41) is 11.1. The average Bonchev–Trinajstić information content (AvgIpc) is 2.99. The van der Waals surface area contributed by atoms with Gasteiger partial charge in [-0.2, -0.15) is 0 Å². The van der Waals surface area contributed by atoms with Gasteiger partial charge in [0.2, 0.25) is 0 Å². The number of benzene rings is 1. The Hall–Kier alpha value is -1.40. The predicted octanol–water partition coefficient (Wildman–Crippen LogP) is 1.67. The molecule has 1 aromatic carbocycles. The molecule has 3 saturated heterocycles. The van der Waals surface area contributed by atoms with Crippen molar-refractivity contribution < 1.29 is 24.1 Å². The van der Waals surface area contributed by atoms with Gasteiger partial charge >= 0.3 is 0 Å². The molecule has 3 heterocycles. The minimum atomic E-state index is -1.30. The van der Waals surface area contributed by atoms with Gasteiger partial charge in [0.15, 0.2) is 23.8 Å². The molecule has 5 heteroatoms. The smallest absolute Gasteiger partial charge is 0.191 e. The first kappa shape index (κ1) is 13.3. The van der Waals surface area contributed by atoms with Crippen molar-refractivity contribution in [2.75, 3.05) is 6.61 Å². The highest BCUT2D eigenvalue weighted by Gasteiger charge is 2.68. The summed E-state index contributed by atoms with van der Waals surface area (Å²) in [6, 6.07) is 9.73. The zero-order chi connectivity index (χ0) is 14.7. The lowest BCUT2D eigenvalue weighted by atomic mass is 9.91. The molecule has 1 aromatic rings. The van der Waals surface area contributed by atoms with Crippen molar-refractivity contribution in [3.05, 3.63) is 41.7 Å². The van der Waals surface area contributed by atoms with Crippen LogP contribution in [0.2, 0.25) is 0 Å². The van der Waals surface area contributed by atoms with Gasteiger partial charge < -0.3 is 24.1 Å². The molecule has 0 radical (unpaired) electrons. The molecule has 0 bridgehead atoms. The number of rotatable bonds is 1. The Balaban J connectivity index is 1.70. The van der Waals surface area contributed by atoms with Gasteiger partial charge in [0.05, 0.1) is 0 Å². The predicted molar refractivity (Wildman–Crippen MR) is 74.0 cm³/mol. The van der Waals surface area contributed by atoms with Crippen LogP contribution in [0.25, 0.3) is 6.08 Å². The maximum absolute atomic E-state index is 11.1. The van der Waals surface area contributed by atoms with E-state index in [1.807, 2.05) is 50.3 Å². The van der Waals surface area contributed by atoms with E-state index in [9.17, 15) is 5.11 Å². The van der Waals surface area contributed by atoms with Gasteiger partial charge in [0.1, 0.15) is 18.5 Å². The maximum Gasteiger partial charge on any atom is 0.191 e. The normalized spacial score (nSPS) is 41.9. The Morgan fingerprint density at radius 1 is 1.19 bits per heavy atom. The topological polar surface area (TPSA) is 57.2 Å².